The van der Waals surface area contributed by atoms with Crippen LogP contribution in [-0.4, -0.2) is 24.7 Å². The fourth-order valence-electron chi connectivity index (χ4n) is 3.25. The third-order valence-corrected chi connectivity index (χ3v) is 4.59. The van der Waals surface area contributed by atoms with Crippen molar-refractivity contribution in [2.24, 2.45) is 0 Å². The predicted octanol–water partition coefficient (Wildman–Crippen LogP) is 3.15. The van der Waals surface area contributed by atoms with Gasteiger partial charge in [-0.05, 0) is 48.7 Å². The van der Waals surface area contributed by atoms with E-state index in [9.17, 15) is 9.90 Å². The van der Waals surface area contributed by atoms with Crippen molar-refractivity contribution in [2.45, 2.75) is 31.8 Å². The van der Waals surface area contributed by atoms with Crippen molar-refractivity contribution in [1.29, 1.82) is 0 Å². The first kappa shape index (κ1) is 17.3. The Kier molecular flexibility index (Phi) is 5.56. The molecule has 5 nitrogen and oxygen atoms in total. The number of nitrogens with one attached hydrogen (secondary N) is 2. The van der Waals surface area contributed by atoms with Gasteiger partial charge in [-0.3, -0.25) is 4.79 Å². The van der Waals surface area contributed by atoms with Crippen LogP contribution >= 0.6 is 0 Å². The molecular weight excluding hydrogens is 316 g/mol. The molecule has 3 rings (SSSR count). The zero-order valence-corrected chi connectivity index (χ0v) is 14.4. The smallest absolute Gasteiger partial charge is 0.251 e. The third kappa shape index (κ3) is 4.12. The molecule has 0 aromatic heterocycles. The second-order valence-electron chi connectivity index (χ2n) is 6.28. The Morgan fingerprint density at radius 2 is 2.12 bits per heavy atom. The first-order chi connectivity index (χ1) is 12.2. The molecule has 0 saturated carbocycles. The molecule has 1 aliphatic rings. The number of carbonyl (C=O) groups is 1. The van der Waals surface area contributed by atoms with Gasteiger partial charge >= 0.3 is 0 Å². The molecule has 1 unspecified atom stereocenters. The van der Waals surface area contributed by atoms with Gasteiger partial charge in [-0.1, -0.05) is 30.7 Å². The van der Waals surface area contributed by atoms with Crippen LogP contribution in [0.25, 0.3) is 0 Å². The summed E-state index contributed by atoms with van der Waals surface area (Å²) >= 11 is 0. The maximum atomic E-state index is 12.7. The molecule has 0 aliphatic carbocycles. The molecule has 1 heterocycles. The number of ether oxygens (including phenoxy) is 1. The van der Waals surface area contributed by atoms with Gasteiger partial charge in [0, 0.05) is 18.2 Å². The molecule has 132 valence electrons. The summed E-state index contributed by atoms with van der Waals surface area (Å²) in [5.74, 6) is 0.392. The van der Waals surface area contributed by atoms with Gasteiger partial charge in [-0.15, -0.1) is 0 Å². The van der Waals surface area contributed by atoms with E-state index in [2.05, 4.69) is 10.6 Å². The second kappa shape index (κ2) is 8.03. The maximum absolute atomic E-state index is 12.7. The molecule has 1 fully saturated rings. The average molecular weight is 340 g/mol. The average Bonchev–Trinajstić information content (AvgIpc) is 2.67. The minimum absolute atomic E-state index is 0.0704. The fraction of sp³-hybridized carbons (Fsp3) is 0.350. The summed E-state index contributed by atoms with van der Waals surface area (Å²) in [7, 11) is 1.51. The summed E-state index contributed by atoms with van der Waals surface area (Å²) in [6.07, 6.45) is 3.42. The Bertz CT molecular complexity index is 739. The summed E-state index contributed by atoms with van der Waals surface area (Å²) in [5.41, 5.74) is 2.58. The van der Waals surface area contributed by atoms with E-state index >= 15 is 0 Å². The fourth-order valence-corrected chi connectivity index (χ4v) is 3.25. The molecule has 3 N–H and O–H groups in total. The summed E-state index contributed by atoms with van der Waals surface area (Å²) in [4.78, 5) is 12.7. The number of rotatable bonds is 5. The van der Waals surface area contributed by atoms with Crippen molar-refractivity contribution >= 4 is 5.91 Å². The van der Waals surface area contributed by atoms with E-state index in [1.54, 1.807) is 12.1 Å². The van der Waals surface area contributed by atoms with E-state index in [0.717, 1.165) is 24.1 Å². The standard InChI is InChI=1S/C20H24N2O3/c1-25-19-10-9-14(12-18(19)23)13-22-20(24)16-7-3-2-6-15(16)17-8-4-5-11-21-17/h2-3,6-7,9-10,12,17,21,23H,4-5,8,11,13H2,1H3,(H,22,24). The number of benzene rings is 2. The monoisotopic (exact) mass is 340 g/mol. The van der Waals surface area contributed by atoms with Crippen molar-refractivity contribution in [2.75, 3.05) is 13.7 Å². The number of phenols is 1. The van der Waals surface area contributed by atoms with Crippen LogP contribution in [0.2, 0.25) is 0 Å². The molecule has 0 bridgehead atoms. The van der Waals surface area contributed by atoms with Crippen molar-refractivity contribution < 1.29 is 14.6 Å². The van der Waals surface area contributed by atoms with Gasteiger partial charge in [0.2, 0.25) is 0 Å². The SMILES string of the molecule is COc1ccc(CNC(=O)c2ccccc2C2CCCCN2)cc1O. The van der Waals surface area contributed by atoms with E-state index in [4.69, 9.17) is 4.74 Å². The molecule has 0 spiro atoms. The van der Waals surface area contributed by atoms with Crippen LogP contribution in [0.5, 0.6) is 11.5 Å². The van der Waals surface area contributed by atoms with E-state index < -0.39 is 0 Å². The molecule has 5 heteroatoms. The lowest BCUT2D eigenvalue weighted by atomic mass is 9.93. The van der Waals surface area contributed by atoms with Crippen LogP contribution in [0.4, 0.5) is 0 Å². The van der Waals surface area contributed by atoms with Crippen LogP contribution in [0.1, 0.15) is 46.8 Å². The molecule has 0 radical (unpaired) electrons. The zero-order valence-electron chi connectivity index (χ0n) is 14.4. The zero-order chi connectivity index (χ0) is 17.6. The number of amides is 1. The van der Waals surface area contributed by atoms with Gasteiger partial charge in [-0.2, -0.15) is 0 Å². The summed E-state index contributed by atoms with van der Waals surface area (Å²) in [6.45, 7) is 1.34. The topological polar surface area (TPSA) is 70.6 Å². The van der Waals surface area contributed by atoms with Gasteiger partial charge in [0.15, 0.2) is 11.5 Å². The predicted molar refractivity (Wildman–Crippen MR) is 96.9 cm³/mol. The quantitative estimate of drug-likeness (QED) is 0.782. The molecule has 2 aromatic carbocycles. The molecule has 1 atom stereocenters. The lowest BCUT2D eigenvalue weighted by Crippen LogP contribution is -2.30. The van der Waals surface area contributed by atoms with Crippen LogP contribution in [0.3, 0.4) is 0 Å². The second-order valence-corrected chi connectivity index (χ2v) is 6.28. The number of phenolic OH excluding ortho intramolecular Hbond substituents is 1. The van der Waals surface area contributed by atoms with Crippen LogP contribution in [0.15, 0.2) is 42.5 Å². The minimum atomic E-state index is -0.0988. The Labute approximate surface area is 148 Å². The van der Waals surface area contributed by atoms with Gasteiger partial charge in [0.25, 0.3) is 5.91 Å². The van der Waals surface area contributed by atoms with E-state index in [1.165, 1.54) is 20.0 Å². The lowest BCUT2D eigenvalue weighted by molar-refractivity contribution is 0.0949. The summed E-state index contributed by atoms with van der Waals surface area (Å²) in [6, 6.07) is 13.1. The highest BCUT2D eigenvalue weighted by Crippen LogP contribution is 2.27. The number of piperidine rings is 1. The number of hydrogen-bond donors (Lipinski definition) is 3. The van der Waals surface area contributed by atoms with Gasteiger partial charge in [-0.25, -0.2) is 0 Å². The van der Waals surface area contributed by atoms with E-state index in [0.29, 0.717) is 17.9 Å². The van der Waals surface area contributed by atoms with Gasteiger partial charge < -0.3 is 20.5 Å². The van der Waals surface area contributed by atoms with Gasteiger partial charge in [0.05, 0.1) is 7.11 Å². The number of carbonyl (C=O) groups excluding carboxylic acids is 1. The molecule has 25 heavy (non-hydrogen) atoms. The summed E-state index contributed by atoms with van der Waals surface area (Å²) in [5, 5.41) is 16.3. The van der Waals surface area contributed by atoms with Crippen molar-refractivity contribution in [3.63, 3.8) is 0 Å². The first-order valence-electron chi connectivity index (χ1n) is 8.65. The molecule has 1 saturated heterocycles. The number of methoxy groups -OCH3 is 1. The third-order valence-electron chi connectivity index (χ3n) is 4.59. The molecule has 2 aromatic rings. The normalized spacial score (nSPS) is 17.1. The first-order valence-corrected chi connectivity index (χ1v) is 8.65. The molecule has 1 amide bonds. The minimum Gasteiger partial charge on any atom is -0.504 e. The van der Waals surface area contributed by atoms with E-state index in [-0.39, 0.29) is 17.7 Å². The molecule has 1 aliphatic heterocycles. The van der Waals surface area contributed by atoms with Crippen molar-refractivity contribution in [1.82, 2.24) is 10.6 Å². The highest BCUT2D eigenvalue weighted by Gasteiger charge is 2.20. The van der Waals surface area contributed by atoms with Gasteiger partial charge in [0.1, 0.15) is 0 Å². The Morgan fingerprint density at radius 1 is 1.28 bits per heavy atom. The highest BCUT2D eigenvalue weighted by atomic mass is 16.5. The summed E-state index contributed by atoms with van der Waals surface area (Å²) < 4.78 is 5.03. The Balaban J connectivity index is 1.70. The van der Waals surface area contributed by atoms with Crippen LogP contribution in [-0.2, 0) is 6.54 Å². The largest absolute Gasteiger partial charge is 0.504 e. The number of aromatic hydroxyl groups is 1. The maximum Gasteiger partial charge on any atom is 0.251 e. The van der Waals surface area contributed by atoms with Crippen LogP contribution < -0.4 is 15.4 Å². The van der Waals surface area contributed by atoms with Crippen LogP contribution in [0, 0.1) is 0 Å². The van der Waals surface area contributed by atoms with Crippen molar-refractivity contribution in [3.05, 3.63) is 59.2 Å². The molecular formula is C20H24N2O3. The lowest BCUT2D eigenvalue weighted by Gasteiger charge is -2.25. The van der Waals surface area contributed by atoms with E-state index in [1.807, 2.05) is 30.3 Å². The number of hydrogen-bond acceptors (Lipinski definition) is 4. The highest BCUT2D eigenvalue weighted by molar-refractivity contribution is 5.95. The Hall–Kier alpha value is -2.53. The van der Waals surface area contributed by atoms with Crippen molar-refractivity contribution in [3.8, 4) is 11.5 Å². The Morgan fingerprint density at radius 3 is 2.84 bits per heavy atom.